The van der Waals surface area contributed by atoms with Crippen molar-refractivity contribution in [2.75, 3.05) is 18.0 Å². The average molecular weight is 337 g/mol. The zero-order valence-electron chi connectivity index (χ0n) is 14.5. The van der Waals surface area contributed by atoms with Crippen molar-refractivity contribution in [3.05, 3.63) is 28.8 Å². The highest BCUT2D eigenvalue weighted by atomic mass is 35.5. The number of aryl methyl sites for hydroxylation is 1. The fraction of sp³-hybridized carbons (Fsp3) is 0.556. The van der Waals surface area contributed by atoms with Gasteiger partial charge >= 0.3 is 0 Å². The third-order valence-corrected chi connectivity index (χ3v) is 4.35. The molecule has 0 radical (unpaired) electrons. The van der Waals surface area contributed by atoms with Crippen molar-refractivity contribution in [2.45, 2.75) is 47.1 Å². The Morgan fingerprint density at radius 3 is 2.57 bits per heavy atom. The highest BCUT2D eigenvalue weighted by Gasteiger charge is 2.36. The van der Waals surface area contributed by atoms with Crippen LogP contribution in [-0.2, 0) is 9.59 Å². The van der Waals surface area contributed by atoms with E-state index in [0.717, 1.165) is 11.3 Å². The summed E-state index contributed by atoms with van der Waals surface area (Å²) < 4.78 is 0. The Bertz CT molecular complexity index is 622. The third kappa shape index (κ3) is 4.05. The number of piperazine rings is 1. The highest BCUT2D eigenvalue weighted by molar-refractivity contribution is 6.31. The molecule has 2 amide bonds. The van der Waals surface area contributed by atoms with E-state index in [4.69, 9.17) is 11.6 Å². The van der Waals surface area contributed by atoms with E-state index in [0.29, 0.717) is 24.5 Å². The van der Waals surface area contributed by atoms with E-state index in [1.54, 1.807) is 16.7 Å². The maximum Gasteiger partial charge on any atom is 0.249 e. The molecule has 1 aromatic rings. The van der Waals surface area contributed by atoms with Crippen LogP contribution in [-0.4, -0.2) is 35.8 Å². The van der Waals surface area contributed by atoms with Gasteiger partial charge in [0.1, 0.15) is 6.04 Å². The standard InChI is InChI=1S/C18H25ClN2O2/c1-12-6-7-14(19)10-15(12)21-9-8-20(13(2)17(21)23)16(22)11-18(3,4)5/h6-7,10,13H,8-9,11H2,1-5H3/t13-/m1/s1. The quantitative estimate of drug-likeness (QED) is 0.827. The number of benzene rings is 1. The zero-order chi connectivity index (χ0) is 17.4. The van der Waals surface area contributed by atoms with Crippen molar-refractivity contribution in [1.82, 2.24) is 4.90 Å². The molecule has 1 fully saturated rings. The van der Waals surface area contributed by atoms with E-state index in [9.17, 15) is 9.59 Å². The van der Waals surface area contributed by atoms with Gasteiger partial charge in [0.15, 0.2) is 0 Å². The van der Waals surface area contributed by atoms with Crippen LogP contribution in [0.4, 0.5) is 5.69 Å². The molecule has 0 aromatic heterocycles. The van der Waals surface area contributed by atoms with Crippen LogP contribution in [0.25, 0.3) is 0 Å². The number of nitrogens with zero attached hydrogens (tertiary/aromatic N) is 2. The van der Waals surface area contributed by atoms with Gasteiger partial charge in [0.2, 0.25) is 11.8 Å². The predicted octanol–water partition coefficient (Wildman–Crippen LogP) is 3.65. The van der Waals surface area contributed by atoms with Crippen molar-refractivity contribution in [1.29, 1.82) is 0 Å². The van der Waals surface area contributed by atoms with E-state index < -0.39 is 6.04 Å². The summed E-state index contributed by atoms with van der Waals surface area (Å²) in [6.07, 6.45) is 0.445. The van der Waals surface area contributed by atoms with Crippen molar-refractivity contribution in [2.24, 2.45) is 5.41 Å². The van der Waals surface area contributed by atoms with Crippen LogP contribution < -0.4 is 4.90 Å². The van der Waals surface area contributed by atoms with Crippen molar-refractivity contribution < 1.29 is 9.59 Å². The minimum atomic E-state index is -0.447. The molecule has 4 nitrogen and oxygen atoms in total. The maximum absolute atomic E-state index is 12.8. The molecule has 0 N–H and O–H groups in total. The summed E-state index contributed by atoms with van der Waals surface area (Å²) in [6.45, 7) is 10.9. The number of hydrogen-bond acceptors (Lipinski definition) is 2. The van der Waals surface area contributed by atoms with Gasteiger partial charge in [0, 0.05) is 30.2 Å². The van der Waals surface area contributed by atoms with Crippen molar-refractivity contribution in [3.63, 3.8) is 0 Å². The van der Waals surface area contributed by atoms with Crippen LogP contribution in [0.15, 0.2) is 18.2 Å². The maximum atomic E-state index is 12.8. The molecule has 1 saturated heterocycles. The lowest BCUT2D eigenvalue weighted by molar-refractivity contribution is -0.142. The summed E-state index contributed by atoms with van der Waals surface area (Å²) in [5.41, 5.74) is 1.75. The number of halogens is 1. The Morgan fingerprint density at radius 1 is 1.30 bits per heavy atom. The number of amides is 2. The predicted molar refractivity (Wildman–Crippen MR) is 93.8 cm³/mol. The van der Waals surface area contributed by atoms with Gasteiger partial charge < -0.3 is 9.80 Å². The summed E-state index contributed by atoms with van der Waals surface area (Å²) in [5, 5.41) is 0.609. The lowest BCUT2D eigenvalue weighted by Crippen LogP contribution is -2.58. The van der Waals surface area contributed by atoms with Gasteiger partial charge in [-0.2, -0.15) is 0 Å². The lowest BCUT2D eigenvalue weighted by Gasteiger charge is -2.40. The van der Waals surface area contributed by atoms with Gasteiger partial charge in [-0.3, -0.25) is 9.59 Å². The summed E-state index contributed by atoms with van der Waals surface area (Å²) >= 11 is 6.07. The van der Waals surface area contributed by atoms with Gasteiger partial charge in [0.05, 0.1) is 0 Å². The van der Waals surface area contributed by atoms with E-state index in [2.05, 4.69) is 0 Å². The molecule has 0 unspecified atom stereocenters. The molecule has 0 saturated carbocycles. The fourth-order valence-electron chi connectivity index (χ4n) is 2.88. The first-order chi connectivity index (χ1) is 10.6. The zero-order valence-corrected chi connectivity index (χ0v) is 15.3. The van der Waals surface area contributed by atoms with Crippen LogP contribution >= 0.6 is 11.6 Å². The SMILES string of the molecule is Cc1ccc(Cl)cc1N1CCN(C(=O)CC(C)(C)C)[C@H](C)C1=O. The molecule has 126 valence electrons. The molecule has 1 atom stereocenters. The number of anilines is 1. The summed E-state index contributed by atoms with van der Waals surface area (Å²) in [7, 11) is 0. The Kier molecular flexibility index (Phi) is 5.04. The molecule has 0 aliphatic carbocycles. The van der Waals surface area contributed by atoms with Gasteiger partial charge in [0.25, 0.3) is 0 Å². The smallest absolute Gasteiger partial charge is 0.249 e. The second kappa shape index (κ2) is 6.52. The number of carbonyl (C=O) groups is 2. The van der Waals surface area contributed by atoms with Crippen LogP contribution in [0.1, 0.15) is 39.7 Å². The van der Waals surface area contributed by atoms with Crippen molar-refractivity contribution >= 4 is 29.1 Å². The third-order valence-electron chi connectivity index (χ3n) is 4.12. The largest absolute Gasteiger partial charge is 0.329 e. The van der Waals surface area contributed by atoms with E-state index in [1.165, 1.54) is 0 Å². The Balaban J connectivity index is 2.18. The molecule has 1 aliphatic heterocycles. The fourth-order valence-corrected chi connectivity index (χ4v) is 3.05. The first-order valence-electron chi connectivity index (χ1n) is 7.97. The van der Waals surface area contributed by atoms with E-state index in [1.807, 2.05) is 45.9 Å². The van der Waals surface area contributed by atoms with Crippen LogP contribution in [0.5, 0.6) is 0 Å². The first kappa shape index (κ1) is 17.8. The Labute approximate surface area is 143 Å². The van der Waals surface area contributed by atoms with Crippen LogP contribution in [0.2, 0.25) is 5.02 Å². The summed E-state index contributed by atoms with van der Waals surface area (Å²) in [5.74, 6) is -0.00954. The van der Waals surface area contributed by atoms with Gasteiger partial charge in [-0.05, 0) is 37.0 Å². The minimum absolute atomic E-state index is 0.0424. The number of hydrogen-bond donors (Lipinski definition) is 0. The molecule has 0 spiro atoms. The van der Waals surface area contributed by atoms with E-state index >= 15 is 0 Å². The van der Waals surface area contributed by atoms with E-state index in [-0.39, 0.29) is 17.2 Å². The minimum Gasteiger partial charge on any atom is -0.329 e. The Morgan fingerprint density at radius 2 is 1.96 bits per heavy atom. The van der Waals surface area contributed by atoms with Crippen molar-refractivity contribution in [3.8, 4) is 0 Å². The molecular formula is C18H25ClN2O2. The van der Waals surface area contributed by atoms with Gasteiger partial charge in [-0.25, -0.2) is 0 Å². The first-order valence-corrected chi connectivity index (χ1v) is 8.35. The number of carbonyl (C=O) groups excluding carboxylic acids is 2. The molecule has 5 heteroatoms. The molecule has 1 aromatic carbocycles. The Hall–Kier alpha value is -1.55. The monoisotopic (exact) mass is 336 g/mol. The van der Waals surface area contributed by atoms with Crippen LogP contribution in [0, 0.1) is 12.3 Å². The topological polar surface area (TPSA) is 40.6 Å². The summed E-state index contributed by atoms with van der Waals surface area (Å²) in [6, 6.07) is 5.09. The van der Waals surface area contributed by atoms with Crippen LogP contribution in [0.3, 0.4) is 0 Å². The second-order valence-corrected chi connectivity index (χ2v) is 7.86. The molecule has 1 heterocycles. The number of rotatable bonds is 2. The molecule has 1 aliphatic rings. The molecule has 0 bridgehead atoms. The highest BCUT2D eigenvalue weighted by Crippen LogP contribution is 2.28. The summed E-state index contributed by atoms with van der Waals surface area (Å²) in [4.78, 5) is 28.7. The van der Waals surface area contributed by atoms with Gasteiger partial charge in [-0.1, -0.05) is 38.4 Å². The molecular weight excluding hydrogens is 312 g/mol. The van der Waals surface area contributed by atoms with Gasteiger partial charge in [-0.15, -0.1) is 0 Å². The lowest BCUT2D eigenvalue weighted by atomic mass is 9.91. The molecule has 2 rings (SSSR count). The normalized spacial score (nSPS) is 19.2. The second-order valence-electron chi connectivity index (χ2n) is 7.42. The molecule has 23 heavy (non-hydrogen) atoms. The average Bonchev–Trinajstić information content (AvgIpc) is 2.42.